The van der Waals surface area contributed by atoms with E-state index in [9.17, 15) is 4.79 Å². The minimum Gasteiger partial charge on any atom is -0.379 e. The van der Waals surface area contributed by atoms with Gasteiger partial charge in [-0.3, -0.25) is 24.3 Å². The van der Waals surface area contributed by atoms with E-state index < -0.39 is 0 Å². The maximum absolute atomic E-state index is 13.9. The number of pyridine rings is 1. The van der Waals surface area contributed by atoms with Gasteiger partial charge in [0.2, 0.25) is 0 Å². The monoisotopic (exact) mass is 486 g/mol. The number of benzene rings is 1. The molecule has 0 saturated carbocycles. The smallest absolute Gasteiger partial charge is 0.275 e. The van der Waals surface area contributed by atoms with Crippen LogP contribution in [0.15, 0.2) is 48.7 Å². The van der Waals surface area contributed by atoms with Gasteiger partial charge >= 0.3 is 0 Å². The molecule has 8 heteroatoms. The van der Waals surface area contributed by atoms with E-state index in [1.54, 1.807) is 0 Å². The molecule has 0 bridgehead atoms. The van der Waals surface area contributed by atoms with E-state index in [1.807, 2.05) is 34.0 Å². The number of rotatable bonds is 6. The van der Waals surface area contributed by atoms with Gasteiger partial charge in [0, 0.05) is 76.2 Å². The highest BCUT2D eigenvalue weighted by atomic mass is 16.5. The first-order valence-electron chi connectivity index (χ1n) is 13.1. The normalized spacial score (nSPS) is 18.6. The van der Waals surface area contributed by atoms with Crippen molar-refractivity contribution in [1.82, 2.24) is 29.5 Å². The van der Waals surface area contributed by atoms with Gasteiger partial charge in [0.05, 0.1) is 25.5 Å². The highest BCUT2D eigenvalue weighted by Gasteiger charge is 2.32. The lowest BCUT2D eigenvalue weighted by Crippen LogP contribution is -2.43. The highest BCUT2D eigenvalue weighted by Crippen LogP contribution is 2.27. The molecule has 0 N–H and O–H groups in total. The summed E-state index contributed by atoms with van der Waals surface area (Å²) < 4.78 is 7.53. The van der Waals surface area contributed by atoms with E-state index in [2.05, 4.69) is 39.0 Å². The molecule has 3 aliphatic heterocycles. The first-order valence-corrected chi connectivity index (χ1v) is 13.1. The van der Waals surface area contributed by atoms with E-state index in [0.29, 0.717) is 18.8 Å². The first-order chi connectivity index (χ1) is 17.7. The zero-order valence-corrected chi connectivity index (χ0v) is 20.8. The van der Waals surface area contributed by atoms with Crippen LogP contribution in [0.25, 0.3) is 0 Å². The van der Waals surface area contributed by atoms with E-state index >= 15 is 0 Å². The van der Waals surface area contributed by atoms with Gasteiger partial charge in [0.15, 0.2) is 5.69 Å². The zero-order valence-electron chi connectivity index (χ0n) is 20.8. The van der Waals surface area contributed by atoms with Crippen LogP contribution in [0, 0.1) is 0 Å². The number of ether oxygens (including phenoxy) is 1. The van der Waals surface area contributed by atoms with Crippen molar-refractivity contribution in [2.45, 2.75) is 32.5 Å². The number of aromatic nitrogens is 3. The molecule has 3 aliphatic rings. The summed E-state index contributed by atoms with van der Waals surface area (Å²) in [6.07, 6.45) is 3.61. The van der Waals surface area contributed by atoms with Crippen molar-refractivity contribution in [2.24, 2.45) is 0 Å². The van der Waals surface area contributed by atoms with Crippen molar-refractivity contribution in [1.29, 1.82) is 0 Å². The van der Waals surface area contributed by atoms with Gasteiger partial charge in [0.25, 0.3) is 5.91 Å². The van der Waals surface area contributed by atoms with Crippen LogP contribution in [0.4, 0.5) is 0 Å². The van der Waals surface area contributed by atoms with Crippen LogP contribution in [0.5, 0.6) is 0 Å². The molecule has 1 amide bonds. The Labute approximate surface area is 212 Å². The summed E-state index contributed by atoms with van der Waals surface area (Å²) in [5.41, 5.74) is 6.46. The summed E-state index contributed by atoms with van der Waals surface area (Å²) in [7, 11) is 0. The summed E-state index contributed by atoms with van der Waals surface area (Å²) in [6, 6.07) is 14.4. The molecule has 0 atom stereocenters. The predicted molar refractivity (Wildman–Crippen MR) is 137 cm³/mol. The van der Waals surface area contributed by atoms with E-state index in [-0.39, 0.29) is 5.91 Å². The van der Waals surface area contributed by atoms with Gasteiger partial charge in [-0.2, -0.15) is 5.10 Å². The molecule has 0 radical (unpaired) electrons. The Morgan fingerprint density at radius 3 is 2.50 bits per heavy atom. The molecular formula is C28H34N6O2. The van der Waals surface area contributed by atoms with Crippen molar-refractivity contribution in [3.8, 4) is 0 Å². The maximum Gasteiger partial charge on any atom is 0.275 e. The molecular weight excluding hydrogens is 452 g/mol. The summed E-state index contributed by atoms with van der Waals surface area (Å²) in [4.78, 5) is 25.3. The molecule has 0 spiro atoms. The molecule has 1 fully saturated rings. The van der Waals surface area contributed by atoms with Gasteiger partial charge in [-0.25, -0.2) is 0 Å². The Morgan fingerprint density at radius 1 is 0.861 bits per heavy atom. The molecule has 5 heterocycles. The summed E-state index contributed by atoms with van der Waals surface area (Å²) >= 11 is 0. The van der Waals surface area contributed by atoms with E-state index in [0.717, 1.165) is 83.1 Å². The molecule has 6 rings (SSSR count). The second-order valence-corrected chi connectivity index (χ2v) is 9.98. The third-order valence-corrected chi connectivity index (χ3v) is 7.71. The Morgan fingerprint density at radius 2 is 1.67 bits per heavy atom. The Hall–Kier alpha value is -3.07. The average molecular weight is 487 g/mol. The molecule has 188 valence electrons. The number of amides is 1. The SMILES string of the molecule is O=C(c1nn(Cc2ccccn2)c2c1CN(CCN1CCOCC1)CC2)N1CCc2ccccc2C1. The number of nitrogens with zero attached hydrogens (tertiary/aromatic N) is 6. The Kier molecular flexibility index (Phi) is 6.81. The third-order valence-electron chi connectivity index (χ3n) is 7.71. The molecule has 36 heavy (non-hydrogen) atoms. The number of carbonyl (C=O) groups excluding carboxylic acids is 1. The number of morpholine rings is 1. The average Bonchev–Trinajstić information content (AvgIpc) is 3.29. The maximum atomic E-state index is 13.9. The van der Waals surface area contributed by atoms with Crippen molar-refractivity contribution in [2.75, 3.05) is 52.5 Å². The van der Waals surface area contributed by atoms with Crippen LogP contribution in [0.1, 0.15) is 38.6 Å². The van der Waals surface area contributed by atoms with Crippen molar-refractivity contribution >= 4 is 5.91 Å². The fourth-order valence-electron chi connectivity index (χ4n) is 5.61. The van der Waals surface area contributed by atoms with E-state index in [4.69, 9.17) is 9.84 Å². The lowest BCUT2D eigenvalue weighted by atomic mass is 9.99. The number of hydrogen-bond donors (Lipinski definition) is 0. The third kappa shape index (κ3) is 4.93. The van der Waals surface area contributed by atoms with Gasteiger partial charge in [-0.1, -0.05) is 30.3 Å². The van der Waals surface area contributed by atoms with Gasteiger partial charge in [-0.05, 0) is 29.7 Å². The molecule has 2 aromatic heterocycles. The van der Waals surface area contributed by atoms with Crippen molar-refractivity contribution in [3.63, 3.8) is 0 Å². The van der Waals surface area contributed by atoms with Crippen LogP contribution in [-0.4, -0.2) is 87.9 Å². The topological polar surface area (TPSA) is 66.7 Å². The van der Waals surface area contributed by atoms with Crippen molar-refractivity contribution in [3.05, 3.63) is 82.4 Å². The zero-order chi connectivity index (χ0) is 24.3. The number of fused-ring (bicyclic) bond motifs is 2. The lowest BCUT2D eigenvalue weighted by Gasteiger charge is -2.32. The van der Waals surface area contributed by atoms with Crippen LogP contribution in [0.3, 0.4) is 0 Å². The molecule has 0 aliphatic carbocycles. The Bertz CT molecular complexity index is 1200. The van der Waals surface area contributed by atoms with Crippen LogP contribution >= 0.6 is 0 Å². The molecule has 3 aromatic rings. The lowest BCUT2D eigenvalue weighted by molar-refractivity contribution is 0.0326. The van der Waals surface area contributed by atoms with Gasteiger partial charge in [-0.15, -0.1) is 0 Å². The van der Waals surface area contributed by atoms with Gasteiger partial charge in [0.1, 0.15) is 0 Å². The van der Waals surface area contributed by atoms with Crippen LogP contribution in [0.2, 0.25) is 0 Å². The summed E-state index contributed by atoms with van der Waals surface area (Å²) in [5, 5.41) is 4.93. The highest BCUT2D eigenvalue weighted by molar-refractivity contribution is 5.94. The van der Waals surface area contributed by atoms with Gasteiger partial charge < -0.3 is 9.64 Å². The predicted octanol–water partition coefficient (Wildman–Crippen LogP) is 2.22. The minimum absolute atomic E-state index is 0.0514. The number of hydrogen-bond acceptors (Lipinski definition) is 6. The molecule has 8 nitrogen and oxygen atoms in total. The van der Waals surface area contributed by atoms with Crippen molar-refractivity contribution < 1.29 is 9.53 Å². The summed E-state index contributed by atoms with van der Waals surface area (Å²) in [5.74, 6) is 0.0514. The van der Waals surface area contributed by atoms with E-state index in [1.165, 1.54) is 16.8 Å². The number of carbonyl (C=O) groups is 1. The Balaban J connectivity index is 1.24. The van der Waals surface area contributed by atoms with Crippen LogP contribution < -0.4 is 0 Å². The molecule has 0 unspecified atom stereocenters. The fraction of sp³-hybridized carbons (Fsp3) is 0.464. The van der Waals surface area contributed by atoms with Crippen LogP contribution in [-0.2, 0) is 37.2 Å². The summed E-state index contributed by atoms with van der Waals surface area (Å²) in [6.45, 7) is 9.40. The second-order valence-electron chi connectivity index (χ2n) is 9.98. The molecule has 1 saturated heterocycles. The standard InChI is InChI=1S/C28H34N6O2/c35-28(33-12-8-22-5-1-2-6-23(22)19-33)27-25-21-32(14-13-31-15-17-36-18-16-31)11-9-26(25)34(30-27)20-24-7-3-4-10-29-24/h1-7,10H,8-9,11-21H2. The quantitative estimate of drug-likeness (QED) is 0.532. The molecule has 1 aromatic carbocycles. The largest absolute Gasteiger partial charge is 0.379 e. The fourth-order valence-corrected chi connectivity index (χ4v) is 5.61. The first kappa shape index (κ1) is 23.3. The second kappa shape index (κ2) is 10.5. The minimum atomic E-state index is 0.0514.